The van der Waals surface area contributed by atoms with E-state index in [2.05, 4.69) is 33.5 Å². The first-order valence-electron chi connectivity index (χ1n) is 5.76. The van der Waals surface area contributed by atoms with E-state index in [4.69, 9.17) is 4.74 Å². The molecule has 0 bridgehead atoms. The molecule has 0 saturated carbocycles. The molecule has 0 radical (unpaired) electrons. The minimum atomic E-state index is 0.352. The van der Waals surface area contributed by atoms with E-state index in [1.54, 1.807) is 13.3 Å². The number of hydrogen-bond acceptors (Lipinski definition) is 6. The van der Waals surface area contributed by atoms with Gasteiger partial charge in [-0.2, -0.15) is 4.37 Å². The van der Waals surface area contributed by atoms with Crippen LogP contribution in [0.5, 0.6) is 5.88 Å². The van der Waals surface area contributed by atoms with Gasteiger partial charge in [-0.15, -0.1) is 0 Å². The third kappa shape index (κ3) is 2.95. The number of methoxy groups -OCH3 is 1. The van der Waals surface area contributed by atoms with Gasteiger partial charge in [-0.05, 0) is 6.07 Å². The Balaban J connectivity index is 2.02. The van der Waals surface area contributed by atoms with Crippen molar-refractivity contribution in [1.29, 1.82) is 0 Å². The summed E-state index contributed by atoms with van der Waals surface area (Å²) < 4.78 is 9.49. The van der Waals surface area contributed by atoms with Gasteiger partial charge in [0.25, 0.3) is 0 Å². The Kier molecular flexibility index (Phi) is 4.09. The molecule has 0 aliphatic carbocycles. The summed E-state index contributed by atoms with van der Waals surface area (Å²) in [5, 5.41) is 4.06. The lowest BCUT2D eigenvalue weighted by molar-refractivity contribution is 0.393. The predicted molar refractivity (Wildman–Crippen MR) is 72.1 cm³/mol. The Bertz CT molecular complexity index is 512. The maximum Gasteiger partial charge on any atom is 0.218 e. The molecule has 0 unspecified atom stereocenters. The van der Waals surface area contributed by atoms with E-state index in [1.807, 2.05) is 12.1 Å². The maximum absolute atomic E-state index is 5.19. The maximum atomic E-state index is 5.19. The van der Waals surface area contributed by atoms with Gasteiger partial charge in [0.15, 0.2) is 0 Å². The third-order valence-corrected chi connectivity index (χ3v) is 3.12. The van der Waals surface area contributed by atoms with Crippen molar-refractivity contribution in [1.82, 2.24) is 14.3 Å². The van der Waals surface area contributed by atoms with Crippen LogP contribution in [0.4, 0.5) is 5.13 Å². The van der Waals surface area contributed by atoms with Crippen molar-refractivity contribution < 1.29 is 4.74 Å². The molecule has 0 aliphatic rings. The summed E-state index contributed by atoms with van der Waals surface area (Å²) in [5.41, 5.74) is 1.00. The van der Waals surface area contributed by atoms with E-state index in [0.29, 0.717) is 18.3 Å². The fourth-order valence-corrected chi connectivity index (χ4v) is 2.16. The van der Waals surface area contributed by atoms with Gasteiger partial charge in [0.2, 0.25) is 11.0 Å². The summed E-state index contributed by atoms with van der Waals surface area (Å²) in [4.78, 5) is 8.56. The minimum Gasteiger partial charge on any atom is -0.481 e. The van der Waals surface area contributed by atoms with Gasteiger partial charge in [0.05, 0.1) is 7.11 Å². The summed E-state index contributed by atoms with van der Waals surface area (Å²) >= 11 is 1.38. The fourth-order valence-electron chi connectivity index (χ4n) is 1.45. The normalized spacial score (nSPS) is 10.7. The van der Waals surface area contributed by atoms with Crippen molar-refractivity contribution in [3.8, 4) is 5.88 Å². The van der Waals surface area contributed by atoms with Crippen LogP contribution >= 0.6 is 11.5 Å². The summed E-state index contributed by atoms with van der Waals surface area (Å²) in [7, 11) is 1.62. The summed E-state index contributed by atoms with van der Waals surface area (Å²) in [5.74, 6) is 1.86. The van der Waals surface area contributed by atoms with Crippen LogP contribution in [0.25, 0.3) is 0 Å². The van der Waals surface area contributed by atoms with Crippen molar-refractivity contribution in [3.05, 3.63) is 29.7 Å². The van der Waals surface area contributed by atoms with Crippen LogP contribution in [-0.4, -0.2) is 21.5 Å². The van der Waals surface area contributed by atoms with Gasteiger partial charge in [0, 0.05) is 35.8 Å². The minimum absolute atomic E-state index is 0.352. The van der Waals surface area contributed by atoms with Crippen LogP contribution in [0.1, 0.15) is 31.2 Å². The molecule has 0 saturated heterocycles. The van der Waals surface area contributed by atoms with Gasteiger partial charge >= 0.3 is 0 Å². The Morgan fingerprint density at radius 2 is 2.28 bits per heavy atom. The second kappa shape index (κ2) is 5.77. The molecular formula is C12H16N4OS. The third-order valence-electron chi connectivity index (χ3n) is 2.43. The Hall–Kier alpha value is -1.69. The van der Waals surface area contributed by atoms with E-state index in [1.165, 1.54) is 11.5 Å². The first-order chi connectivity index (χ1) is 8.70. The van der Waals surface area contributed by atoms with E-state index in [9.17, 15) is 0 Å². The molecule has 6 heteroatoms. The monoisotopic (exact) mass is 264 g/mol. The van der Waals surface area contributed by atoms with Crippen LogP contribution in [0, 0.1) is 0 Å². The van der Waals surface area contributed by atoms with Gasteiger partial charge in [-0.3, -0.25) is 0 Å². The van der Waals surface area contributed by atoms with Gasteiger partial charge in [0.1, 0.15) is 5.82 Å². The predicted octanol–water partition coefficient (Wildman–Crippen LogP) is 2.68. The first-order valence-corrected chi connectivity index (χ1v) is 6.53. The Morgan fingerprint density at radius 3 is 2.94 bits per heavy atom. The van der Waals surface area contributed by atoms with Crippen molar-refractivity contribution in [2.24, 2.45) is 0 Å². The Labute approximate surface area is 110 Å². The zero-order valence-corrected chi connectivity index (χ0v) is 11.5. The average Bonchev–Trinajstić information content (AvgIpc) is 2.85. The SMILES string of the molecule is COc1ncccc1CNc1nc(C(C)C)ns1. The molecule has 2 aromatic rings. The van der Waals surface area contributed by atoms with Crippen molar-refractivity contribution in [2.45, 2.75) is 26.3 Å². The molecule has 0 aliphatic heterocycles. The molecule has 2 rings (SSSR count). The van der Waals surface area contributed by atoms with Crippen LogP contribution in [0.2, 0.25) is 0 Å². The van der Waals surface area contributed by atoms with Crippen LogP contribution in [0.15, 0.2) is 18.3 Å². The number of hydrogen-bond donors (Lipinski definition) is 1. The summed E-state index contributed by atoms with van der Waals surface area (Å²) in [6.07, 6.45) is 1.71. The van der Waals surface area contributed by atoms with Crippen molar-refractivity contribution in [3.63, 3.8) is 0 Å². The lowest BCUT2D eigenvalue weighted by Gasteiger charge is -2.06. The van der Waals surface area contributed by atoms with E-state index >= 15 is 0 Å². The highest BCUT2D eigenvalue weighted by atomic mass is 32.1. The molecular weight excluding hydrogens is 248 g/mol. The Morgan fingerprint density at radius 1 is 1.44 bits per heavy atom. The molecule has 96 valence electrons. The van der Waals surface area contributed by atoms with Crippen molar-refractivity contribution in [2.75, 3.05) is 12.4 Å². The molecule has 0 aromatic carbocycles. The van der Waals surface area contributed by atoms with Crippen LogP contribution in [-0.2, 0) is 6.54 Å². The smallest absolute Gasteiger partial charge is 0.218 e. The number of ether oxygens (including phenoxy) is 1. The van der Waals surface area contributed by atoms with Crippen LogP contribution in [0.3, 0.4) is 0 Å². The molecule has 0 atom stereocenters. The zero-order valence-electron chi connectivity index (χ0n) is 10.7. The lowest BCUT2D eigenvalue weighted by Crippen LogP contribution is -2.02. The molecule has 5 nitrogen and oxygen atoms in total. The van der Waals surface area contributed by atoms with Gasteiger partial charge < -0.3 is 10.1 Å². The lowest BCUT2D eigenvalue weighted by atomic mass is 10.2. The highest BCUT2D eigenvalue weighted by Crippen LogP contribution is 2.20. The number of anilines is 1. The number of nitrogens with zero attached hydrogens (tertiary/aromatic N) is 3. The highest BCUT2D eigenvalue weighted by molar-refractivity contribution is 7.09. The molecule has 0 spiro atoms. The fraction of sp³-hybridized carbons (Fsp3) is 0.417. The van der Waals surface area contributed by atoms with E-state index < -0.39 is 0 Å². The quantitative estimate of drug-likeness (QED) is 0.899. The number of nitrogens with one attached hydrogen (secondary N) is 1. The molecule has 0 fully saturated rings. The summed E-state index contributed by atoms with van der Waals surface area (Å²) in [6, 6.07) is 3.86. The average molecular weight is 264 g/mol. The number of aromatic nitrogens is 3. The number of rotatable bonds is 5. The zero-order chi connectivity index (χ0) is 13.0. The molecule has 2 heterocycles. The molecule has 2 aromatic heterocycles. The second-order valence-electron chi connectivity index (χ2n) is 4.14. The van der Waals surface area contributed by atoms with Crippen LogP contribution < -0.4 is 10.1 Å². The molecule has 0 amide bonds. The topological polar surface area (TPSA) is 59.9 Å². The van der Waals surface area contributed by atoms with Gasteiger partial charge in [-0.25, -0.2) is 9.97 Å². The van der Waals surface area contributed by atoms with E-state index in [0.717, 1.165) is 16.5 Å². The largest absolute Gasteiger partial charge is 0.481 e. The number of pyridine rings is 1. The second-order valence-corrected chi connectivity index (χ2v) is 4.89. The summed E-state index contributed by atoms with van der Waals surface area (Å²) in [6.45, 7) is 4.79. The highest BCUT2D eigenvalue weighted by Gasteiger charge is 2.08. The molecule has 1 N–H and O–H groups in total. The standard InChI is InChI=1S/C12H16N4OS/c1-8(2)10-15-12(18-16-10)14-7-9-5-4-6-13-11(9)17-3/h4-6,8H,7H2,1-3H3,(H,14,15,16). The van der Waals surface area contributed by atoms with Crippen molar-refractivity contribution >= 4 is 16.7 Å². The molecule has 18 heavy (non-hydrogen) atoms. The van der Waals surface area contributed by atoms with Gasteiger partial charge in [-0.1, -0.05) is 19.9 Å². The van der Waals surface area contributed by atoms with E-state index in [-0.39, 0.29) is 0 Å². The first kappa shape index (κ1) is 12.8.